The van der Waals surface area contributed by atoms with E-state index in [1.165, 1.54) is 6.92 Å². The molecule has 15 atom stereocenters. The van der Waals surface area contributed by atoms with E-state index in [-0.39, 0.29) is 35.6 Å². The second-order valence-electron chi connectivity index (χ2n) is 12.2. The van der Waals surface area contributed by atoms with Gasteiger partial charge in [0.05, 0.1) is 30.5 Å². The summed E-state index contributed by atoms with van der Waals surface area (Å²) in [5.41, 5.74) is 18.6. The number of carbonyl (C=O) groups is 1. The zero-order chi connectivity index (χ0) is 33.6. The summed E-state index contributed by atoms with van der Waals surface area (Å²) in [4.78, 5) is 22.7. The normalized spacial score (nSPS) is 42.4. The third-order valence-electron chi connectivity index (χ3n) is 9.46. The van der Waals surface area contributed by atoms with E-state index in [1.807, 2.05) is 41.5 Å². The Kier molecular flexibility index (Phi) is 13.9. The molecule has 14 nitrogen and oxygen atoms in total. The van der Waals surface area contributed by atoms with E-state index in [0.29, 0.717) is 6.42 Å². The Hall–Kier alpha value is -1.57. The van der Waals surface area contributed by atoms with E-state index in [4.69, 9.17) is 63.2 Å². The van der Waals surface area contributed by atoms with Gasteiger partial charge in [0.1, 0.15) is 12.1 Å². The van der Waals surface area contributed by atoms with Crippen LogP contribution in [0.3, 0.4) is 0 Å². The molecule has 0 N–H and O–H groups in total. The van der Waals surface area contributed by atoms with Crippen LogP contribution in [0, 0.1) is 29.6 Å². The minimum absolute atomic E-state index is 0.00194. The van der Waals surface area contributed by atoms with E-state index in [2.05, 4.69) is 32.0 Å². The van der Waals surface area contributed by atoms with Crippen molar-refractivity contribution in [2.45, 2.75) is 134 Å². The third kappa shape index (κ3) is 9.07. The zero-order valence-corrected chi connectivity index (χ0v) is 29.0. The van der Waals surface area contributed by atoms with Gasteiger partial charge in [-0.1, -0.05) is 93.5 Å². The molecule has 3 aliphatic rings. The molecule has 0 aromatic carbocycles. The molecule has 0 aromatic rings. The first-order valence-corrected chi connectivity index (χ1v) is 16.4. The summed E-state index contributed by atoms with van der Waals surface area (Å²) in [5.74, 6) is -0.985. The lowest BCUT2D eigenvalue weighted by atomic mass is 9.80. The SMILES string of the molecule is CC[C@@H]1O[C@H](O[C@H]2[C@H](C)C(C)[C@H](O[C@@H]3[C@H](CC)O[C@H](O/C=N/C(Cl)(Cl)Cl)C(N=[N+]=[N-])[C@H]3C)O[C@H]2C(C)=O)C(N=[N+]=[N-])[C@@H](C)[C@@H]1C. The highest BCUT2D eigenvalue weighted by Gasteiger charge is 2.52. The molecule has 3 fully saturated rings. The molecule has 3 unspecified atom stereocenters. The monoisotopic (exact) mass is 695 g/mol. The molecular weight excluding hydrogens is 653 g/mol. The fraction of sp³-hybridized carbons (Fsp3) is 0.929. The van der Waals surface area contributed by atoms with Gasteiger partial charge in [0.25, 0.3) is 3.92 Å². The van der Waals surface area contributed by atoms with Crippen LogP contribution < -0.4 is 0 Å². The average Bonchev–Trinajstić information content (AvgIpc) is 2.98. The highest BCUT2D eigenvalue weighted by molar-refractivity contribution is 6.67. The number of alkyl halides is 3. The average molecular weight is 697 g/mol. The number of ketones is 1. The maximum Gasteiger partial charge on any atom is 0.288 e. The fourth-order valence-electron chi connectivity index (χ4n) is 6.36. The van der Waals surface area contributed by atoms with Gasteiger partial charge in [0.15, 0.2) is 24.8 Å². The number of azide groups is 2. The number of nitrogens with zero attached hydrogens (tertiary/aromatic N) is 7. The maximum absolute atomic E-state index is 13.0. The van der Waals surface area contributed by atoms with Crippen molar-refractivity contribution in [2.75, 3.05) is 0 Å². The van der Waals surface area contributed by atoms with E-state index in [1.54, 1.807) is 0 Å². The van der Waals surface area contributed by atoms with Crippen LogP contribution in [-0.4, -0.2) is 77.6 Å². The number of carbonyl (C=O) groups excluding carboxylic acids is 1. The number of rotatable bonds is 11. The summed E-state index contributed by atoms with van der Waals surface area (Å²) < 4.78 is 35.5. The lowest BCUT2D eigenvalue weighted by molar-refractivity contribution is -0.332. The number of halogens is 3. The van der Waals surface area contributed by atoms with Crippen molar-refractivity contribution >= 4 is 47.0 Å². The minimum Gasteiger partial charge on any atom is -0.454 e. The summed E-state index contributed by atoms with van der Waals surface area (Å²) in [6.45, 7) is 15.2. The number of ether oxygens (including phenoxy) is 6. The summed E-state index contributed by atoms with van der Waals surface area (Å²) in [6, 6.07) is -1.40. The predicted octanol–water partition coefficient (Wildman–Crippen LogP) is 7.25. The number of hydrogen-bond acceptors (Lipinski definition) is 10. The van der Waals surface area contributed by atoms with Crippen LogP contribution in [0.15, 0.2) is 15.2 Å². The Morgan fingerprint density at radius 3 is 1.87 bits per heavy atom. The second-order valence-corrected chi connectivity index (χ2v) is 14.4. The van der Waals surface area contributed by atoms with Crippen molar-refractivity contribution < 1.29 is 33.2 Å². The van der Waals surface area contributed by atoms with Crippen LogP contribution in [0.2, 0.25) is 0 Å². The quantitative estimate of drug-likeness (QED) is 0.0414. The molecule has 17 heteroatoms. The standard InChI is InChI=1S/C28H44Cl3N7O7/c1-9-18-12(3)13(4)20(35-37-32)27(41-18)44-23-14(5)15(6)25(45-24(23)17(8)39)43-22-16(7)21(36-38-33)26(42-19(22)10-2)40-11-34-28(29,30)31/h11-16,18-27H,9-10H2,1-8H3/b34-11+/t12-,13-,14+,15?,16+,18-,19-,20?,21?,22-,23-,24-,25+,26-,27+/m0/s1. The van der Waals surface area contributed by atoms with E-state index < -0.39 is 65.2 Å². The van der Waals surface area contributed by atoms with Crippen molar-refractivity contribution in [3.8, 4) is 0 Å². The molecule has 3 heterocycles. The molecule has 254 valence electrons. The van der Waals surface area contributed by atoms with Crippen molar-refractivity contribution in [1.29, 1.82) is 0 Å². The Labute approximate surface area is 278 Å². The topological polar surface area (TPSA) is 182 Å². The summed E-state index contributed by atoms with van der Waals surface area (Å²) in [6.07, 6.45) is -3.30. The van der Waals surface area contributed by atoms with Gasteiger partial charge in [-0.2, -0.15) is 0 Å². The molecule has 0 aromatic heterocycles. The summed E-state index contributed by atoms with van der Waals surface area (Å²) in [7, 11) is 0. The lowest BCUT2D eigenvalue weighted by Crippen LogP contribution is -2.60. The Morgan fingerprint density at radius 1 is 0.778 bits per heavy atom. The first-order chi connectivity index (χ1) is 21.2. The van der Waals surface area contributed by atoms with Gasteiger partial charge in [-0.25, -0.2) is 4.99 Å². The number of Topliss-reactive ketones (excluding diaryl/α,β-unsaturated/α-hetero) is 1. The maximum atomic E-state index is 13.0. The van der Waals surface area contributed by atoms with Crippen LogP contribution in [0.5, 0.6) is 0 Å². The van der Waals surface area contributed by atoms with Crippen molar-refractivity contribution in [3.63, 3.8) is 0 Å². The van der Waals surface area contributed by atoms with Crippen LogP contribution >= 0.6 is 34.8 Å². The smallest absolute Gasteiger partial charge is 0.288 e. The third-order valence-corrected chi connectivity index (χ3v) is 9.75. The first-order valence-electron chi connectivity index (χ1n) is 15.3. The van der Waals surface area contributed by atoms with Crippen molar-refractivity contribution in [1.82, 2.24) is 0 Å². The highest BCUT2D eigenvalue weighted by Crippen LogP contribution is 2.41. The van der Waals surface area contributed by atoms with Gasteiger partial charge in [0, 0.05) is 15.7 Å². The van der Waals surface area contributed by atoms with Gasteiger partial charge < -0.3 is 28.4 Å². The van der Waals surface area contributed by atoms with Crippen molar-refractivity contribution in [2.24, 2.45) is 44.8 Å². The molecule has 0 amide bonds. The van der Waals surface area contributed by atoms with Gasteiger partial charge in [0.2, 0.25) is 6.29 Å². The largest absolute Gasteiger partial charge is 0.454 e. The number of aliphatic imine (C=N–C) groups is 1. The van der Waals surface area contributed by atoms with Gasteiger partial charge >= 0.3 is 0 Å². The first kappa shape index (κ1) is 37.9. The van der Waals surface area contributed by atoms with E-state index in [0.717, 1.165) is 12.8 Å². The second kappa shape index (κ2) is 16.5. The Balaban J connectivity index is 1.83. The molecule has 45 heavy (non-hydrogen) atoms. The molecule has 0 spiro atoms. The van der Waals surface area contributed by atoms with Crippen LogP contribution in [0.25, 0.3) is 20.9 Å². The van der Waals surface area contributed by atoms with Crippen LogP contribution in [-0.2, 0) is 33.2 Å². The highest BCUT2D eigenvalue weighted by atomic mass is 35.6. The van der Waals surface area contributed by atoms with Gasteiger partial charge in [-0.3, -0.25) is 4.79 Å². The minimum atomic E-state index is -1.93. The fourth-order valence-corrected chi connectivity index (χ4v) is 6.48. The molecule has 0 bridgehead atoms. The molecular formula is C28H44Cl3N7O7. The van der Waals surface area contributed by atoms with Gasteiger partial charge in [-0.15, -0.1) is 0 Å². The molecule has 3 aliphatic heterocycles. The van der Waals surface area contributed by atoms with E-state index >= 15 is 0 Å². The van der Waals surface area contributed by atoms with Gasteiger partial charge in [-0.05, 0) is 54.5 Å². The molecule has 0 saturated carbocycles. The molecule has 0 radical (unpaired) electrons. The molecule has 3 rings (SSSR count). The van der Waals surface area contributed by atoms with Crippen LogP contribution in [0.1, 0.15) is 68.2 Å². The lowest BCUT2D eigenvalue weighted by Gasteiger charge is -2.50. The van der Waals surface area contributed by atoms with E-state index in [9.17, 15) is 15.9 Å². The predicted molar refractivity (Wildman–Crippen MR) is 169 cm³/mol. The van der Waals surface area contributed by atoms with Crippen molar-refractivity contribution in [3.05, 3.63) is 20.9 Å². The Morgan fingerprint density at radius 2 is 1.33 bits per heavy atom. The zero-order valence-electron chi connectivity index (χ0n) is 26.8. The molecule has 0 aliphatic carbocycles. The summed E-state index contributed by atoms with van der Waals surface area (Å²) in [5, 5.41) is 7.92. The molecule has 3 saturated heterocycles. The Bertz CT molecular complexity index is 1140. The van der Waals surface area contributed by atoms with Crippen LogP contribution in [0.4, 0.5) is 0 Å². The number of hydrogen-bond donors (Lipinski definition) is 0. The summed E-state index contributed by atoms with van der Waals surface area (Å²) >= 11 is 17.0.